The molecule has 2 aromatic heterocycles. The monoisotopic (exact) mass is 842 g/mol. The first-order valence-corrected chi connectivity index (χ1v) is 22.9. The molecule has 3 aliphatic heterocycles. The highest BCUT2D eigenvalue weighted by Gasteiger charge is 2.45. The molecule has 5 heterocycles. The molecule has 13 nitrogen and oxygen atoms in total. The SMILES string of the molecule is Nc1ncnc2c1c(-c1ccc(Oc3ccccc3)cc1)nn2C1CCN(CCCCCCCCCCCCSc2cccc3c2C(=O)N(C2CCC(=O)NC2=O)C3=O)CC1. The number of nitrogens with zero attached hydrogens (tertiary/aromatic N) is 6. The number of nitrogens with one attached hydrogen (secondary N) is 1. The minimum atomic E-state index is -0.945. The molecule has 5 aromatic rings. The third kappa shape index (κ3) is 9.81. The van der Waals surface area contributed by atoms with Crippen LogP contribution in [0.25, 0.3) is 22.3 Å². The van der Waals surface area contributed by atoms with Crippen molar-refractivity contribution in [1.82, 2.24) is 34.9 Å². The number of benzene rings is 3. The summed E-state index contributed by atoms with van der Waals surface area (Å²) < 4.78 is 8.08. The molecule has 1 atom stereocenters. The zero-order valence-electron chi connectivity index (χ0n) is 34.6. The fraction of sp³-hybridized carbons (Fsp3) is 0.426. The van der Waals surface area contributed by atoms with E-state index in [2.05, 4.69) is 24.9 Å². The summed E-state index contributed by atoms with van der Waals surface area (Å²) in [6.45, 7) is 3.22. The van der Waals surface area contributed by atoms with Crippen LogP contribution in [0.3, 0.4) is 0 Å². The Hall–Kier alpha value is -5.60. The summed E-state index contributed by atoms with van der Waals surface area (Å²) in [6, 6.07) is 22.3. The highest BCUT2D eigenvalue weighted by molar-refractivity contribution is 7.99. The van der Waals surface area contributed by atoms with Gasteiger partial charge in [-0.3, -0.25) is 29.4 Å². The summed E-state index contributed by atoms with van der Waals surface area (Å²) >= 11 is 1.60. The van der Waals surface area contributed by atoms with E-state index in [9.17, 15) is 19.2 Å². The number of unbranched alkanes of at least 4 members (excludes halogenated alkanes) is 9. The molecule has 3 aromatic carbocycles. The Morgan fingerprint density at radius 3 is 2.15 bits per heavy atom. The number of imide groups is 2. The van der Waals surface area contributed by atoms with Gasteiger partial charge in [0.2, 0.25) is 11.8 Å². The zero-order valence-corrected chi connectivity index (χ0v) is 35.4. The molecule has 3 aliphatic rings. The number of hydrogen-bond acceptors (Lipinski definition) is 11. The fourth-order valence-corrected chi connectivity index (χ4v) is 9.87. The smallest absolute Gasteiger partial charge is 0.263 e. The molecule has 61 heavy (non-hydrogen) atoms. The van der Waals surface area contributed by atoms with Crippen LogP contribution < -0.4 is 15.8 Å². The number of likely N-dealkylation sites (tertiary alicyclic amines) is 1. The number of anilines is 1. The van der Waals surface area contributed by atoms with Crippen molar-refractivity contribution < 1.29 is 23.9 Å². The van der Waals surface area contributed by atoms with Crippen molar-refractivity contribution in [3.63, 3.8) is 0 Å². The molecule has 0 bridgehead atoms. The molecule has 0 saturated carbocycles. The third-order valence-electron chi connectivity index (χ3n) is 12.1. The van der Waals surface area contributed by atoms with Gasteiger partial charge >= 0.3 is 0 Å². The van der Waals surface area contributed by atoms with Gasteiger partial charge in [-0.25, -0.2) is 14.6 Å². The molecule has 14 heteroatoms. The first-order chi connectivity index (χ1) is 29.9. The van der Waals surface area contributed by atoms with Gasteiger partial charge in [-0.05, 0) is 92.9 Å². The van der Waals surface area contributed by atoms with Crippen molar-refractivity contribution in [2.24, 2.45) is 0 Å². The fourth-order valence-electron chi connectivity index (χ4n) is 8.78. The van der Waals surface area contributed by atoms with Crippen LogP contribution in [0.5, 0.6) is 11.5 Å². The lowest BCUT2D eigenvalue weighted by molar-refractivity contribution is -0.136. The van der Waals surface area contributed by atoms with Gasteiger partial charge in [-0.1, -0.05) is 75.6 Å². The molecular weight excluding hydrogens is 789 g/mol. The summed E-state index contributed by atoms with van der Waals surface area (Å²) in [5.74, 6) is 0.989. The number of para-hydroxylation sites is 1. The van der Waals surface area contributed by atoms with Crippen LogP contribution in [-0.4, -0.2) is 84.6 Å². The lowest BCUT2D eigenvalue weighted by Gasteiger charge is -2.32. The molecule has 1 unspecified atom stereocenters. The maximum Gasteiger partial charge on any atom is 0.263 e. The number of ether oxygens (including phenoxy) is 1. The number of amides is 4. The largest absolute Gasteiger partial charge is 0.457 e. The minimum Gasteiger partial charge on any atom is -0.457 e. The number of carbonyl (C=O) groups excluding carboxylic acids is 4. The van der Waals surface area contributed by atoms with Gasteiger partial charge in [-0.2, -0.15) is 5.10 Å². The van der Waals surface area contributed by atoms with Crippen molar-refractivity contribution >= 4 is 52.2 Å². The molecule has 318 valence electrons. The highest BCUT2D eigenvalue weighted by atomic mass is 32.2. The molecule has 4 amide bonds. The van der Waals surface area contributed by atoms with E-state index in [1.54, 1.807) is 23.9 Å². The molecule has 3 N–H and O–H groups in total. The van der Waals surface area contributed by atoms with Crippen molar-refractivity contribution in [2.45, 2.75) is 107 Å². The number of fused-ring (bicyclic) bond motifs is 2. The first kappa shape index (κ1) is 42.1. The Balaban J connectivity index is 0.692. The minimum absolute atomic E-state index is 0.111. The maximum absolute atomic E-state index is 13.3. The molecule has 2 saturated heterocycles. The second-order valence-electron chi connectivity index (χ2n) is 16.3. The number of piperidine rings is 2. The van der Waals surface area contributed by atoms with Gasteiger partial charge < -0.3 is 15.4 Å². The van der Waals surface area contributed by atoms with Crippen molar-refractivity contribution in [3.8, 4) is 22.8 Å². The summed E-state index contributed by atoms with van der Waals surface area (Å²) in [5.41, 5.74) is 9.68. The topological polar surface area (TPSA) is 166 Å². The average molecular weight is 843 g/mol. The first-order valence-electron chi connectivity index (χ1n) is 21.9. The van der Waals surface area contributed by atoms with Gasteiger partial charge in [0.1, 0.15) is 35.4 Å². The number of rotatable bonds is 19. The van der Waals surface area contributed by atoms with Crippen LogP contribution in [-0.2, 0) is 9.59 Å². The summed E-state index contributed by atoms with van der Waals surface area (Å²) in [4.78, 5) is 63.8. The van der Waals surface area contributed by atoms with Crippen molar-refractivity contribution in [1.29, 1.82) is 0 Å². The molecule has 0 radical (unpaired) electrons. The Kier molecular flexibility index (Phi) is 13.7. The van der Waals surface area contributed by atoms with E-state index in [1.807, 2.05) is 60.7 Å². The quantitative estimate of drug-likeness (QED) is 0.0465. The third-order valence-corrected chi connectivity index (χ3v) is 13.2. The standard InChI is InChI=1S/C47H54N8O5S/c48-43-41-42(32-19-21-35(22-20-32)60-34-15-10-9-11-16-34)52-55(44(41)50-31-49-43)33-25-28-53(29-26-33)27-12-7-5-3-1-2-4-6-8-13-30-61-38-18-14-17-36-40(38)47(59)54(46(36)58)37-23-24-39(56)51-45(37)57/h9-11,14-22,31,33,37H,1-8,12-13,23-30H2,(H2,48,49,50)(H,51,56,57). The molecule has 8 rings (SSSR count). The molecular formula is C47H54N8O5S. The van der Waals surface area contributed by atoms with Crippen LogP contribution in [0, 0.1) is 0 Å². The van der Waals surface area contributed by atoms with Gasteiger partial charge in [0, 0.05) is 30.0 Å². The Morgan fingerprint density at radius 1 is 0.738 bits per heavy atom. The number of aromatic nitrogens is 4. The number of hydrogen-bond donors (Lipinski definition) is 2. The van der Waals surface area contributed by atoms with Gasteiger partial charge in [0.25, 0.3) is 11.8 Å². The predicted octanol–water partition coefficient (Wildman–Crippen LogP) is 8.60. The van der Waals surface area contributed by atoms with Crippen LogP contribution in [0.4, 0.5) is 5.82 Å². The normalized spacial score (nSPS) is 17.3. The Labute approximate surface area is 360 Å². The summed E-state index contributed by atoms with van der Waals surface area (Å²) in [5, 5.41) is 8.15. The Bertz CT molecular complexity index is 2340. The van der Waals surface area contributed by atoms with E-state index in [-0.39, 0.29) is 24.8 Å². The van der Waals surface area contributed by atoms with E-state index >= 15 is 0 Å². The van der Waals surface area contributed by atoms with E-state index in [0.717, 1.165) is 94.7 Å². The maximum atomic E-state index is 13.3. The van der Waals surface area contributed by atoms with Crippen LogP contribution in [0.2, 0.25) is 0 Å². The van der Waals surface area contributed by atoms with Crippen LogP contribution in [0.1, 0.15) is 117 Å². The van der Waals surface area contributed by atoms with E-state index in [0.29, 0.717) is 16.9 Å². The lowest BCUT2D eigenvalue weighted by Crippen LogP contribution is -2.54. The van der Waals surface area contributed by atoms with Crippen molar-refractivity contribution in [2.75, 3.05) is 31.1 Å². The van der Waals surface area contributed by atoms with Gasteiger partial charge in [0.05, 0.1) is 22.6 Å². The lowest BCUT2D eigenvalue weighted by atomic mass is 10.0. The summed E-state index contributed by atoms with van der Waals surface area (Å²) in [6.07, 6.45) is 16.0. The second kappa shape index (κ2) is 19.9. The molecule has 0 aliphatic carbocycles. The van der Waals surface area contributed by atoms with Gasteiger partial charge in [0.15, 0.2) is 5.65 Å². The number of nitrogen functional groups attached to an aromatic ring is 1. The van der Waals surface area contributed by atoms with Crippen LogP contribution >= 0.6 is 11.8 Å². The number of nitrogens with two attached hydrogens (primary N) is 1. The highest BCUT2D eigenvalue weighted by Crippen LogP contribution is 2.37. The predicted molar refractivity (Wildman–Crippen MR) is 236 cm³/mol. The number of carbonyl (C=O) groups is 4. The zero-order chi connectivity index (χ0) is 42.1. The van der Waals surface area contributed by atoms with E-state index < -0.39 is 23.8 Å². The average Bonchev–Trinajstić information content (AvgIpc) is 3.79. The number of thioether (sulfide) groups is 1. The van der Waals surface area contributed by atoms with E-state index in [1.165, 1.54) is 57.7 Å². The Morgan fingerprint density at radius 2 is 1.43 bits per heavy atom. The summed E-state index contributed by atoms with van der Waals surface area (Å²) in [7, 11) is 0. The molecule has 2 fully saturated rings. The van der Waals surface area contributed by atoms with Crippen molar-refractivity contribution in [3.05, 3.63) is 90.3 Å². The second-order valence-corrected chi connectivity index (χ2v) is 17.4. The molecule has 0 spiro atoms. The van der Waals surface area contributed by atoms with Crippen LogP contribution in [0.15, 0.2) is 84.0 Å². The van der Waals surface area contributed by atoms with E-state index in [4.69, 9.17) is 15.6 Å². The van der Waals surface area contributed by atoms with Gasteiger partial charge in [-0.15, -0.1) is 11.8 Å².